The number of anilines is 1. The van der Waals surface area contributed by atoms with E-state index in [4.69, 9.17) is 0 Å². The van der Waals surface area contributed by atoms with Gasteiger partial charge in [0.25, 0.3) is 10.0 Å². The number of hydrogen-bond donors (Lipinski definition) is 1. The summed E-state index contributed by atoms with van der Waals surface area (Å²) in [6.45, 7) is 1.94. The lowest BCUT2D eigenvalue weighted by Crippen LogP contribution is -2.14. The number of para-hydroxylation sites is 1. The Morgan fingerprint density at radius 1 is 1.04 bits per heavy atom. The number of hydrogen-bond acceptors (Lipinski definition) is 4. The number of nitrogens with zero attached hydrogens (tertiary/aromatic N) is 1. The average Bonchev–Trinajstić information content (AvgIpc) is 2.61. The van der Waals surface area contributed by atoms with Crippen LogP contribution in [0, 0.1) is 0 Å². The van der Waals surface area contributed by atoms with Crippen molar-refractivity contribution in [3.05, 3.63) is 66.4 Å². The molecule has 0 aliphatic carbocycles. The minimum atomic E-state index is -3.78. The maximum atomic E-state index is 12.7. The molecule has 0 bridgehead atoms. The summed E-state index contributed by atoms with van der Waals surface area (Å²) < 4.78 is 28.0. The molecule has 0 saturated carbocycles. The van der Waals surface area contributed by atoms with Crippen LogP contribution >= 0.6 is 0 Å². The minimum Gasteiger partial charge on any atom is -0.294 e. The number of carbonyl (C=O) groups is 1. The van der Waals surface area contributed by atoms with Crippen LogP contribution in [0.3, 0.4) is 0 Å². The molecule has 0 spiro atoms. The summed E-state index contributed by atoms with van der Waals surface area (Å²) in [6.07, 6.45) is 2.82. The molecule has 0 amide bonds. The zero-order chi connectivity index (χ0) is 17.9. The molecule has 3 rings (SSSR count). The van der Waals surface area contributed by atoms with Crippen molar-refractivity contribution in [3.63, 3.8) is 0 Å². The Morgan fingerprint density at radius 2 is 1.76 bits per heavy atom. The van der Waals surface area contributed by atoms with Gasteiger partial charge in [-0.05, 0) is 42.8 Å². The first-order valence-electron chi connectivity index (χ1n) is 8.01. The van der Waals surface area contributed by atoms with Gasteiger partial charge in [0.05, 0.1) is 5.52 Å². The Kier molecular flexibility index (Phi) is 4.81. The van der Waals surface area contributed by atoms with Crippen molar-refractivity contribution in [2.24, 2.45) is 0 Å². The fourth-order valence-electron chi connectivity index (χ4n) is 2.60. The largest absolute Gasteiger partial charge is 0.294 e. The van der Waals surface area contributed by atoms with Crippen LogP contribution in [0.4, 0.5) is 5.69 Å². The molecule has 25 heavy (non-hydrogen) atoms. The van der Waals surface area contributed by atoms with E-state index < -0.39 is 10.0 Å². The Balaban J connectivity index is 1.90. The minimum absolute atomic E-state index is 0.0511. The zero-order valence-electron chi connectivity index (χ0n) is 13.8. The van der Waals surface area contributed by atoms with E-state index in [1.807, 2.05) is 19.1 Å². The van der Waals surface area contributed by atoms with Gasteiger partial charge in [-0.15, -0.1) is 0 Å². The van der Waals surface area contributed by atoms with Crippen molar-refractivity contribution >= 4 is 32.4 Å². The van der Waals surface area contributed by atoms with Gasteiger partial charge in [-0.3, -0.25) is 14.5 Å². The van der Waals surface area contributed by atoms with Crippen molar-refractivity contribution < 1.29 is 13.2 Å². The van der Waals surface area contributed by atoms with Gasteiger partial charge in [-0.2, -0.15) is 0 Å². The third-order valence-electron chi connectivity index (χ3n) is 3.82. The SMILES string of the molecule is CCCC(=O)c1ccc(NS(=O)(=O)c2cccc3cccnc23)cc1. The molecule has 1 N–H and O–H groups in total. The molecule has 1 aromatic heterocycles. The van der Waals surface area contributed by atoms with Gasteiger partial charge in [-0.1, -0.05) is 25.1 Å². The van der Waals surface area contributed by atoms with Crippen LogP contribution in [0.25, 0.3) is 10.9 Å². The number of benzene rings is 2. The third kappa shape index (κ3) is 3.69. The molecule has 1 heterocycles. The molecule has 128 valence electrons. The molecule has 2 aromatic carbocycles. The monoisotopic (exact) mass is 354 g/mol. The number of rotatable bonds is 6. The fourth-order valence-corrected chi connectivity index (χ4v) is 3.84. The van der Waals surface area contributed by atoms with Crippen LogP contribution in [-0.2, 0) is 10.0 Å². The molecule has 0 saturated heterocycles. The lowest BCUT2D eigenvalue weighted by atomic mass is 10.1. The Hall–Kier alpha value is -2.73. The van der Waals surface area contributed by atoms with E-state index in [0.717, 1.165) is 11.8 Å². The summed E-state index contributed by atoms with van der Waals surface area (Å²) >= 11 is 0. The van der Waals surface area contributed by atoms with Crippen molar-refractivity contribution in [1.29, 1.82) is 0 Å². The number of sulfonamides is 1. The highest BCUT2D eigenvalue weighted by Crippen LogP contribution is 2.23. The molecule has 0 unspecified atom stereocenters. The Labute approximate surface area is 146 Å². The van der Waals surface area contributed by atoms with Gasteiger partial charge in [0.15, 0.2) is 5.78 Å². The van der Waals surface area contributed by atoms with E-state index >= 15 is 0 Å². The Bertz CT molecular complexity index is 1010. The lowest BCUT2D eigenvalue weighted by molar-refractivity contribution is 0.0982. The van der Waals surface area contributed by atoms with Crippen LogP contribution in [-0.4, -0.2) is 19.2 Å². The quantitative estimate of drug-likeness (QED) is 0.678. The number of ketones is 1. The van der Waals surface area contributed by atoms with E-state index in [2.05, 4.69) is 9.71 Å². The highest BCUT2D eigenvalue weighted by molar-refractivity contribution is 7.93. The van der Waals surface area contributed by atoms with Gasteiger partial charge >= 0.3 is 0 Å². The Morgan fingerprint density at radius 3 is 2.48 bits per heavy atom. The molecule has 0 aliphatic rings. The highest BCUT2D eigenvalue weighted by Gasteiger charge is 2.18. The molecule has 6 heteroatoms. The summed E-state index contributed by atoms with van der Waals surface area (Å²) in [7, 11) is -3.78. The number of carbonyl (C=O) groups excluding carboxylic acids is 1. The third-order valence-corrected chi connectivity index (χ3v) is 5.23. The second-order valence-electron chi connectivity index (χ2n) is 5.69. The topological polar surface area (TPSA) is 76.1 Å². The summed E-state index contributed by atoms with van der Waals surface area (Å²) in [5.41, 5.74) is 1.41. The van der Waals surface area contributed by atoms with Crippen LogP contribution in [0.15, 0.2) is 65.7 Å². The summed E-state index contributed by atoms with van der Waals surface area (Å²) in [5, 5.41) is 0.755. The molecule has 3 aromatic rings. The van der Waals surface area contributed by atoms with Crippen molar-refractivity contribution in [2.45, 2.75) is 24.7 Å². The number of nitrogens with one attached hydrogen (secondary N) is 1. The van der Waals surface area contributed by atoms with Gasteiger partial charge in [0.1, 0.15) is 4.90 Å². The first-order chi connectivity index (χ1) is 12.0. The van der Waals surface area contributed by atoms with Crippen molar-refractivity contribution in [3.8, 4) is 0 Å². The standard InChI is InChI=1S/C19H18N2O3S/c1-2-5-17(22)14-9-11-16(12-10-14)21-25(23,24)18-8-3-6-15-7-4-13-20-19(15)18/h3-4,6-13,21H,2,5H2,1H3. The predicted octanol–water partition coefficient (Wildman–Crippen LogP) is 4.02. The molecule has 0 atom stereocenters. The number of fused-ring (bicyclic) bond motifs is 1. The predicted molar refractivity (Wildman–Crippen MR) is 98.2 cm³/mol. The molecule has 0 fully saturated rings. The van der Waals surface area contributed by atoms with Crippen molar-refractivity contribution in [2.75, 3.05) is 4.72 Å². The van der Waals surface area contributed by atoms with Gasteiger partial charge in [-0.25, -0.2) is 8.42 Å². The number of pyridine rings is 1. The summed E-state index contributed by atoms with van der Waals surface area (Å²) in [6, 6.07) is 15.1. The first kappa shape index (κ1) is 17.1. The molecule has 5 nitrogen and oxygen atoms in total. The van der Waals surface area contributed by atoms with Crippen LogP contribution in [0.1, 0.15) is 30.1 Å². The highest BCUT2D eigenvalue weighted by atomic mass is 32.2. The maximum Gasteiger partial charge on any atom is 0.264 e. The van der Waals surface area contributed by atoms with Gasteiger partial charge < -0.3 is 0 Å². The lowest BCUT2D eigenvalue weighted by Gasteiger charge is -2.10. The fraction of sp³-hybridized carbons (Fsp3) is 0.158. The second-order valence-corrected chi connectivity index (χ2v) is 7.34. The summed E-state index contributed by atoms with van der Waals surface area (Å²) in [4.78, 5) is 16.2. The molecule has 0 radical (unpaired) electrons. The zero-order valence-corrected chi connectivity index (χ0v) is 14.6. The average molecular weight is 354 g/mol. The van der Waals surface area contributed by atoms with Crippen molar-refractivity contribution in [1.82, 2.24) is 4.98 Å². The van der Waals surface area contributed by atoms with Gasteiger partial charge in [0.2, 0.25) is 0 Å². The van der Waals surface area contributed by atoms with E-state index in [1.165, 1.54) is 6.07 Å². The van der Waals surface area contributed by atoms with E-state index in [9.17, 15) is 13.2 Å². The van der Waals surface area contributed by atoms with E-state index in [-0.39, 0.29) is 10.7 Å². The smallest absolute Gasteiger partial charge is 0.264 e. The number of aromatic nitrogens is 1. The molecule has 0 aliphatic heterocycles. The van der Waals surface area contributed by atoms with Crippen LogP contribution in [0.2, 0.25) is 0 Å². The maximum absolute atomic E-state index is 12.7. The molecular weight excluding hydrogens is 336 g/mol. The number of Topliss-reactive ketones (excluding diaryl/α,β-unsaturated/α-hetero) is 1. The van der Waals surface area contributed by atoms with Crippen LogP contribution in [0.5, 0.6) is 0 Å². The summed E-state index contributed by atoms with van der Waals surface area (Å²) in [5.74, 6) is 0.0511. The normalized spacial score (nSPS) is 11.4. The second kappa shape index (κ2) is 7.03. The van der Waals surface area contributed by atoms with E-state index in [1.54, 1.807) is 42.6 Å². The first-order valence-corrected chi connectivity index (χ1v) is 9.49. The van der Waals surface area contributed by atoms with Crippen LogP contribution < -0.4 is 4.72 Å². The molecular formula is C19H18N2O3S. The van der Waals surface area contributed by atoms with E-state index in [0.29, 0.717) is 23.2 Å². The van der Waals surface area contributed by atoms with Gasteiger partial charge in [0, 0.05) is 29.3 Å².